The molecule has 3 heterocycles. The summed E-state index contributed by atoms with van der Waals surface area (Å²) in [6, 6.07) is 13.7. The fourth-order valence-corrected chi connectivity index (χ4v) is 7.16. The fourth-order valence-electron chi connectivity index (χ4n) is 5.04. The third-order valence-corrected chi connectivity index (χ3v) is 9.96. The molecule has 20 heteroatoms. The number of amides is 1. The number of nitrogens with two attached hydrogens (primary N) is 1. The Hall–Kier alpha value is -3.54. The number of rotatable bonds is 15. The van der Waals surface area contributed by atoms with Crippen molar-refractivity contribution in [3.8, 4) is 0 Å². The molecule has 0 bridgehead atoms. The number of carbonyl (C=O) groups is 1. The Labute approximate surface area is 266 Å². The molecule has 0 radical (unpaired) electrons. The van der Waals surface area contributed by atoms with Crippen LogP contribution in [0.15, 0.2) is 53.6 Å². The number of imidazole rings is 1. The molecular weight excluding hydrogens is 662 g/mol. The van der Waals surface area contributed by atoms with Gasteiger partial charge in [-0.15, -0.1) is 0 Å². The summed E-state index contributed by atoms with van der Waals surface area (Å²) in [4.78, 5) is 54.3. The van der Waals surface area contributed by atoms with E-state index < -0.39 is 52.4 Å². The molecule has 8 N–H and O–H groups in total. The van der Waals surface area contributed by atoms with E-state index in [-0.39, 0.29) is 42.5 Å². The first-order valence-electron chi connectivity index (χ1n) is 14.5. The zero-order valence-corrected chi connectivity index (χ0v) is 26.5. The van der Waals surface area contributed by atoms with E-state index in [0.717, 1.165) is 27.2 Å². The number of phosphoric ester groups is 2. The average molecular weight is 697 g/mol. The molecule has 2 unspecified atom stereocenters. The number of anilines is 1. The molecule has 1 saturated heterocycles. The van der Waals surface area contributed by atoms with E-state index >= 15 is 0 Å². The minimum absolute atomic E-state index is 0.0567. The monoisotopic (exact) mass is 696 g/mol. The van der Waals surface area contributed by atoms with Gasteiger partial charge in [-0.05, 0) is 29.2 Å². The van der Waals surface area contributed by atoms with E-state index in [1.54, 1.807) is 0 Å². The van der Waals surface area contributed by atoms with Gasteiger partial charge >= 0.3 is 15.6 Å². The minimum atomic E-state index is -5.23. The first kappa shape index (κ1) is 34.8. The summed E-state index contributed by atoms with van der Waals surface area (Å²) >= 11 is 0. The van der Waals surface area contributed by atoms with E-state index in [1.807, 2.05) is 42.5 Å². The van der Waals surface area contributed by atoms with Crippen LogP contribution in [0.4, 0.5) is 5.95 Å². The molecule has 0 spiro atoms. The molecule has 4 aromatic rings. The number of fused-ring (bicyclic) bond motifs is 2. The fraction of sp³-hybridized carbons (Fsp3) is 0.407. The number of carbonyl (C=O) groups excluding carboxylic acids is 1. The highest BCUT2D eigenvalue weighted by Crippen LogP contribution is 2.60. The second-order valence-corrected chi connectivity index (χ2v) is 13.7. The quantitative estimate of drug-likeness (QED) is 0.0687. The van der Waals surface area contributed by atoms with Gasteiger partial charge in [0.25, 0.3) is 5.56 Å². The summed E-state index contributed by atoms with van der Waals surface area (Å²) in [5.41, 5.74) is 5.74. The molecule has 1 amide bonds. The van der Waals surface area contributed by atoms with Gasteiger partial charge in [-0.25, -0.2) is 14.1 Å². The van der Waals surface area contributed by atoms with Gasteiger partial charge in [0.15, 0.2) is 17.4 Å². The van der Waals surface area contributed by atoms with Crippen molar-refractivity contribution in [1.29, 1.82) is 0 Å². The van der Waals surface area contributed by atoms with Gasteiger partial charge in [0.05, 0.1) is 19.5 Å². The molecule has 2 aromatic heterocycles. The molecule has 2 aromatic carbocycles. The van der Waals surface area contributed by atoms with E-state index in [0.29, 0.717) is 19.4 Å². The Bertz CT molecular complexity index is 1880. The Balaban J connectivity index is 1.01. The Kier molecular flexibility index (Phi) is 10.9. The number of unbranched alkanes of at least 4 members (excludes halogenated alkanes) is 2. The van der Waals surface area contributed by atoms with Crippen molar-refractivity contribution in [3.05, 3.63) is 64.7 Å². The van der Waals surface area contributed by atoms with Gasteiger partial charge in [-0.1, -0.05) is 48.9 Å². The number of nitrogens with zero attached hydrogens (tertiary/aromatic N) is 3. The van der Waals surface area contributed by atoms with Gasteiger partial charge in [0.2, 0.25) is 11.9 Å². The Morgan fingerprint density at radius 1 is 1.04 bits per heavy atom. The van der Waals surface area contributed by atoms with Crippen LogP contribution in [-0.2, 0) is 38.6 Å². The van der Waals surface area contributed by atoms with Crippen molar-refractivity contribution >= 4 is 49.4 Å². The summed E-state index contributed by atoms with van der Waals surface area (Å²) in [7, 11) is -10.3. The summed E-state index contributed by atoms with van der Waals surface area (Å²) in [6.45, 7) is -0.792. The summed E-state index contributed by atoms with van der Waals surface area (Å²) in [6.07, 6.45) is -3.53. The SMILES string of the molecule is Nc1nc2c(ncn2[C@@H]2O[C@H](COP(=O)(O)OP(=O)(O)OCCCCCC(=O)NCc3cccc4ccccc34)[C@@H](O)[C@H]2O)c(=O)[nH]1. The number of nitrogen functional groups attached to an aromatic ring is 1. The lowest BCUT2D eigenvalue weighted by atomic mass is 10.0. The van der Waals surface area contributed by atoms with E-state index in [9.17, 15) is 38.7 Å². The van der Waals surface area contributed by atoms with Gasteiger partial charge in [0.1, 0.15) is 18.3 Å². The third-order valence-electron chi connectivity index (χ3n) is 7.33. The van der Waals surface area contributed by atoms with Crippen LogP contribution in [0.2, 0.25) is 0 Å². The zero-order chi connectivity index (χ0) is 33.8. The summed E-state index contributed by atoms with van der Waals surface area (Å²) in [5, 5.41) is 25.9. The first-order chi connectivity index (χ1) is 22.3. The predicted molar refractivity (Wildman–Crippen MR) is 165 cm³/mol. The number of ether oxygens (including phenoxy) is 1. The number of aliphatic hydroxyl groups excluding tert-OH is 2. The van der Waals surface area contributed by atoms with Crippen LogP contribution >= 0.6 is 15.6 Å². The number of phosphoric acid groups is 2. The van der Waals surface area contributed by atoms with E-state index in [2.05, 4.69) is 24.6 Å². The largest absolute Gasteiger partial charge is 0.481 e. The van der Waals surface area contributed by atoms with Crippen molar-refractivity contribution in [2.24, 2.45) is 0 Å². The predicted octanol–water partition coefficient (Wildman–Crippen LogP) is 1.60. The lowest BCUT2D eigenvalue weighted by Crippen LogP contribution is -2.33. The number of aromatic nitrogens is 4. The second-order valence-electron chi connectivity index (χ2n) is 10.7. The lowest BCUT2D eigenvalue weighted by Gasteiger charge is -2.19. The van der Waals surface area contributed by atoms with Crippen molar-refractivity contribution in [1.82, 2.24) is 24.8 Å². The van der Waals surface area contributed by atoms with Crippen LogP contribution in [0.5, 0.6) is 0 Å². The average Bonchev–Trinajstić information content (AvgIpc) is 3.56. The molecule has 18 nitrogen and oxygen atoms in total. The molecule has 47 heavy (non-hydrogen) atoms. The van der Waals surface area contributed by atoms with Crippen LogP contribution in [0, 0.1) is 0 Å². The van der Waals surface area contributed by atoms with E-state index in [4.69, 9.17) is 19.5 Å². The van der Waals surface area contributed by atoms with Gasteiger partial charge in [-0.3, -0.25) is 28.2 Å². The molecule has 0 aliphatic carbocycles. The molecule has 5 rings (SSSR count). The molecule has 1 aliphatic rings. The Morgan fingerprint density at radius 2 is 1.79 bits per heavy atom. The van der Waals surface area contributed by atoms with Gasteiger partial charge < -0.3 is 35.8 Å². The van der Waals surface area contributed by atoms with Crippen LogP contribution < -0.4 is 16.6 Å². The maximum absolute atomic E-state index is 12.4. The number of aliphatic hydroxyl groups is 2. The summed E-state index contributed by atoms with van der Waals surface area (Å²) in [5.74, 6) is -0.388. The van der Waals surface area contributed by atoms with Crippen molar-refractivity contribution in [2.45, 2.75) is 56.8 Å². The number of nitrogens with one attached hydrogen (secondary N) is 2. The van der Waals surface area contributed by atoms with Crippen molar-refractivity contribution in [3.63, 3.8) is 0 Å². The molecule has 6 atom stereocenters. The van der Waals surface area contributed by atoms with Crippen LogP contribution in [0.1, 0.15) is 37.5 Å². The maximum atomic E-state index is 12.4. The number of hydrogen-bond acceptors (Lipinski definition) is 13. The Morgan fingerprint density at radius 3 is 2.60 bits per heavy atom. The zero-order valence-electron chi connectivity index (χ0n) is 24.7. The van der Waals surface area contributed by atoms with E-state index in [1.165, 1.54) is 0 Å². The second kappa shape index (κ2) is 14.7. The number of aromatic amines is 1. The van der Waals surface area contributed by atoms with Crippen molar-refractivity contribution < 1.29 is 52.0 Å². The highest BCUT2D eigenvalue weighted by atomic mass is 31.3. The summed E-state index contributed by atoms with van der Waals surface area (Å²) < 4.78 is 45.1. The van der Waals surface area contributed by atoms with Crippen molar-refractivity contribution in [2.75, 3.05) is 18.9 Å². The number of H-pyrrole nitrogens is 1. The third kappa shape index (κ3) is 8.69. The normalized spacial score (nSPS) is 22.3. The molecular formula is C27H34N6O12P2. The first-order valence-corrected chi connectivity index (χ1v) is 17.5. The maximum Gasteiger partial charge on any atom is 0.481 e. The number of benzene rings is 2. The highest BCUT2D eigenvalue weighted by molar-refractivity contribution is 7.61. The number of hydrogen-bond donors (Lipinski definition) is 7. The van der Waals surface area contributed by atoms with Crippen LogP contribution in [0.3, 0.4) is 0 Å². The van der Waals surface area contributed by atoms with Crippen LogP contribution in [-0.4, -0.2) is 77.0 Å². The van der Waals surface area contributed by atoms with Crippen LogP contribution in [0.25, 0.3) is 21.9 Å². The molecule has 0 saturated carbocycles. The highest BCUT2D eigenvalue weighted by Gasteiger charge is 2.46. The smallest absolute Gasteiger partial charge is 0.387 e. The molecule has 1 aliphatic heterocycles. The minimum Gasteiger partial charge on any atom is -0.387 e. The lowest BCUT2D eigenvalue weighted by molar-refractivity contribution is -0.121. The topological polar surface area (TPSA) is 271 Å². The molecule has 254 valence electrons. The van der Waals surface area contributed by atoms with Gasteiger partial charge in [0, 0.05) is 13.0 Å². The van der Waals surface area contributed by atoms with Gasteiger partial charge in [-0.2, -0.15) is 9.29 Å². The molecule has 1 fully saturated rings. The standard InChI is InChI=1S/C27H34N6O12P2/c28-27-31-24-21(25(37)32-27)30-15-33(24)26-23(36)22(35)19(44-26)14-43-47(40,41)45-46(38,39)42-12-5-1-2-11-20(34)29-13-17-9-6-8-16-7-3-4-10-18(16)17/h3-4,6-10,15,19,22-23,26,35-36H,1-2,5,11-14H2,(H,29,34)(H,38,39)(H,40,41)(H3,28,31,32,37)/t19-,22-,23-,26-/m1/s1.